The first-order chi connectivity index (χ1) is 5.82. The van der Waals surface area contributed by atoms with Gasteiger partial charge in [-0.15, -0.1) is 0 Å². The van der Waals surface area contributed by atoms with Crippen molar-refractivity contribution in [2.24, 2.45) is 0 Å². The van der Waals surface area contributed by atoms with E-state index in [1.54, 1.807) is 0 Å². The smallest absolute Gasteiger partial charge is 0.227 e. The molecule has 0 aromatic carbocycles. The van der Waals surface area contributed by atoms with Gasteiger partial charge in [0, 0.05) is 0 Å². The largest absolute Gasteiger partial charge is 0.451 e. The molecule has 0 N–H and O–H groups in total. The van der Waals surface area contributed by atoms with Crippen molar-refractivity contribution in [1.82, 2.24) is 9.97 Å². The van der Waals surface area contributed by atoms with Crippen molar-refractivity contribution in [2.45, 2.75) is 20.0 Å². The minimum atomic E-state index is -4.62. The van der Waals surface area contributed by atoms with Gasteiger partial charge in [0.15, 0.2) is 5.82 Å². The first-order valence-electron chi connectivity index (χ1n) is 3.40. The number of hydrogen-bond acceptors (Lipinski definition) is 2. The molecule has 1 aromatic heterocycles. The highest BCUT2D eigenvalue weighted by atomic mass is 19.4. The lowest BCUT2D eigenvalue weighted by molar-refractivity contribution is -0.145. The summed E-state index contributed by atoms with van der Waals surface area (Å²) >= 11 is 0. The molecule has 0 unspecified atom stereocenters. The highest BCUT2D eigenvalue weighted by Crippen LogP contribution is 2.26. The van der Waals surface area contributed by atoms with Crippen LogP contribution in [-0.4, -0.2) is 9.97 Å². The number of aryl methyl sites for hydroxylation is 2. The van der Waals surface area contributed by atoms with Crippen molar-refractivity contribution < 1.29 is 17.6 Å². The maximum Gasteiger partial charge on any atom is 0.451 e. The van der Waals surface area contributed by atoms with Crippen LogP contribution in [0, 0.1) is 19.7 Å². The second-order valence-electron chi connectivity index (χ2n) is 2.53. The molecule has 1 heterocycles. The van der Waals surface area contributed by atoms with Gasteiger partial charge in [0.2, 0.25) is 5.82 Å². The van der Waals surface area contributed by atoms with E-state index in [9.17, 15) is 17.6 Å². The van der Waals surface area contributed by atoms with Gasteiger partial charge in [-0.2, -0.15) is 13.2 Å². The summed E-state index contributed by atoms with van der Waals surface area (Å²) in [4.78, 5) is 5.99. The number of hydrogen-bond donors (Lipinski definition) is 0. The van der Waals surface area contributed by atoms with Gasteiger partial charge < -0.3 is 0 Å². The summed E-state index contributed by atoms with van der Waals surface area (Å²) in [5.74, 6) is -2.10. The van der Waals surface area contributed by atoms with Crippen LogP contribution in [0.25, 0.3) is 0 Å². The highest BCUT2D eigenvalue weighted by molar-refractivity contribution is 5.12. The van der Waals surface area contributed by atoms with Crippen LogP contribution in [0.1, 0.15) is 17.2 Å². The predicted molar refractivity (Wildman–Crippen MR) is 36.5 cm³/mol. The third-order valence-electron chi connectivity index (χ3n) is 1.44. The fourth-order valence-corrected chi connectivity index (χ4v) is 0.829. The molecule has 0 aliphatic carbocycles. The monoisotopic (exact) mass is 194 g/mol. The molecule has 72 valence electrons. The number of aromatic nitrogens is 2. The van der Waals surface area contributed by atoms with Crippen molar-refractivity contribution in [3.05, 3.63) is 23.0 Å². The Bertz CT molecular complexity index is 309. The Kier molecular flexibility index (Phi) is 2.23. The zero-order chi connectivity index (χ0) is 10.2. The van der Waals surface area contributed by atoms with Crippen molar-refractivity contribution in [2.75, 3.05) is 0 Å². The van der Waals surface area contributed by atoms with Crippen molar-refractivity contribution in [1.29, 1.82) is 0 Å². The fraction of sp³-hybridized carbons (Fsp3) is 0.429. The van der Waals surface area contributed by atoms with Gasteiger partial charge in [0.1, 0.15) is 0 Å². The Hall–Kier alpha value is -1.20. The number of halogens is 4. The molecule has 0 spiro atoms. The zero-order valence-corrected chi connectivity index (χ0v) is 6.91. The molecule has 1 rings (SSSR count). The van der Waals surface area contributed by atoms with Crippen LogP contribution in [0.5, 0.6) is 0 Å². The Morgan fingerprint density at radius 2 is 1.38 bits per heavy atom. The number of alkyl halides is 3. The minimum absolute atomic E-state index is 0.292. The average molecular weight is 194 g/mol. The van der Waals surface area contributed by atoms with Gasteiger partial charge in [0.05, 0.1) is 11.4 Å². The first-order valence-corrected chi connectivity index (χ1v) is 3.40. The molecule has 0 fully saturated rings. The summed E-state index contributed by atoms with van der Waals surface area (Å²) in [6.45, 7) is 2.33. The van der Waals surface area contributed by atoms with Crippen LogP contribution >= 0.6 is 0 Å². The molecular weight excluding hydrogens is 188 g/mol. The topological polar surface area (TPSA) is 25.8 Å². The van der Waals surface area contributed by atoms with Crippen LogP contribution in [0.15, 0.2) is 0 Å². The Labute approximate surface area is 71.6 Å². The minimum Gasteiger partial charge on any atom is -0.227 e. The van der Waals surface area contributed by atoms with Crippen molar-refractivity contribution in [3.63, 3.8) is 0 Å². The fourth-order valence-electron chi connectivity index (χ4n) is 0.829. The lowest BCUT2D eigenvalue weighted by atomic mass is 10.3. The SMILES string of the molecule is Cc1nc(C(F)(F)F)nc(C)c1F. The van der Waals surface area contributed by atoms with Crippen LogP contribution < -0.4 is 0 Å². The summed E-state index contributed by atoms with van der Waals surface area (Å²) in [6.07, 6.45) is -4.62. The third-order valence-corrected chi connectivity index (χ3v) is 1.44. The predicted octanol–water partition coefficient (Wildman–Crippen LogP) is 2.25. The van der Waals surface area contributed by atoms with E-state index in [1.165, 1.54) is 13.8 Å². The Balaban J connectivity index is 3.29. The molecule has 6 heteroatoms. The molecule has 0 bridgehead atoms. The molecule has 0 radical (unpaired) electrons. The molecule has 0 atom stereocenters. The molecule has 0 aliphatic rings. The average Bonchev–Trinajstić information content (AvgIpc) is 1.97. The van der Waals surface area contributed by atoms with Gasteiger partial charge in [0.25, 0.3) is 0 Å². The van der Waals surface area contributed by atoms with E-state index in [0.717, 1.165) is 0 Å². The van der Waals surface area contributed by atoms with Crippen LogP contribution in [0.3, 0.4) is 0 Å². The van der Waals surface area contributed by atoms with E-state index in [-0.39, 0.29) is 11.4 Å². The van der Waals surface area contributed by atoms with Crippen molar-refractivity contribution in [3.8, 4) is 0 Å². The van der Waals surface area contributed by atoms with E-state index < -0.39 is 17.8 Å². The third kappa shape index (κ3) is 1.93. The quantitative estimate of drug-likeness (QED) is 0.592. The van der Waals surface area contributed by atoms with Crippen LogP contribution in [-0.2, 0) is 6.18 Å². The number of nitrogens with zero attached hydrogens (tertiary/aromatic N) is 2. The van der Waals surface area contributed by atoms with Gasteiger partial charge in [-0.1, -0.05) is 0 Å². The summed E-state index contributed by atoms with van der Waals surface area (Å²) in [5, 5.41) is 0. The lowest BCUT2D eigenvalue weighted by Crippen LogP contribution is -2.14. The summed E-state index contributed by atoms with van der Waals surface area (Å²) in [6, 6.07) is 0. The molecule has 2 nitrogen and oxygen atoms in total. The van der Waals surface area contributed by atoms with Gasteiger partial charge >= 0.3 is 6.18 Å². The second kappa shape index (κ2) is 2.93. The summed E-state index contributed by atoms with van der Waals surface area (Å²) in [7, 11) is 0. The standard InChI is InChI=1S/C7H6F4N2/c1-3-5(8)4(2)13-6(12-3)7(9,10)11/h1-2H3. The maximum absolute atomic E-state index is 12.8. The second-order valence-corrected chi connectivity index (χ2v) is 2.53. The molecule has 1 aromatic rings. The number of rotatable bonds is 0. The molecule has 0 amide bonds. The highest BCUT2D eigenvalue weighted by Gasteiger charge is 2.35. The van der Waals surface area contributed by atoms with Gasteiger partial charge in [-0.3, -0.25) is 0 Å². The molecule has 0 saturated heterocycles. The van der Waals surface area contributed by atoms with Crippen molar-refractivity contribution >= 4 is 0 Å². The lowest BCUT2D eigenvalue weighted by Gasteiger charge is -2.07. The maximum atomic E-state index is 12.8. The zero-order valence-electron chi connectivity index (χ0n) is 6.91. The molecule has 0 saturated carbocycles. The molecular formula is C7H6F4N2. The Morgan fingerprint density at radius 3 is 1.69 bits per heavy atom. The normalized spacial score (nSPS) is 11.8. The van der Waals surface area contributed by atoms with Crippen LogP contribution in [0.4, 0.5) is 17.6 Å². The van der Waals surface area contributed by atoms with E-state index >= 15 is 0 Å². The summed E-state index contributed by atoms with van der Waals surface area (Å²) in [5.41, 5.74) is -0.584. The van der Waals surface area contributed by atoms with E-state index in [4.69, 9.17) is 0 Å². The molecule has 13 heavy (non-hydrogen) atoms. The Morgan fingerprint density at radius 1 is 1.00 bits per heavy atom. The first kappa shape index (κ1) is 9.88. The van der Waals surface area contributed by atoms with Gasteiger partial charge in [-0.25, -0.2) is 14.4 Å². The molecule has 0 aliphatic heterocycles. The van der Waals surface area contributed by atoms with Gasteiger partial charge in [-0.05, 0) is 13.8 Å². The summed E-state index contributed by atoms with van der Waals surface area (Å²) < 4.78 is 48.9. The van der Waals surface area contributed by atoms with E-state index in [1.807, 2.05) is 0 Å². The van der Waals surface area contributed by atoms with E-state index in [2.05, 4.69) is 9.97 Å². The van der Waals surface area contributed by atoms with Crippen LogP contribution in [0.2, 0.25) is 0 Å². The van der Waals surface area contributed by atoms with E-state index in [0.29, 0.717) is 0 Å².